The maximum atomic E-state index is 11.9. The summed E-state index contributed by atoms with van der Waals surface area (Å²) in [5.41, 5.74) is 0.495. The Morgan fingerprint density at radius 3 is 2.59 bits per heavy atom. The molecule has 1 aromatic rings. The molecule has 0 saturated heterocycles. The van der Waals surface area contributed by atoms with E-state index in [-0.39, 0.29) is 11.3 Å². The highest BCUT2D eigenvalue weighted by Gasteiger charge is 2.18. The van der Waals surface area contributed by atoms with Gasteiger partial charge in [0.15, 0.2) is 0 Å². The minimum atomic E-state index is -3.54. The molecule has 0 radical (unpaired) electrons. The Bertz CT molecular complexity index is 458. The zero-order chi connectivity index (χ0) is 12.9. The Kier molecular flexibility index (Phi) is 5.07. The standard InChI is InChI=1S/C11H17NO4S/c1-2-12-17(15,16)11-6-4-3-5-9(11)7-10(14)8-13/h3-6,10,12-14H,2,7-8H2,1H3. The van der Waals surface area contributed by atoms with Crippen molar-refractivity contribution in [3.63, 3.8) is 0 Å². The zero-order valence-electron chi connectivity index (χ0n) is 9.63. The largest absolute Gasteiger partial charge is 0.394 e. The van der Waals surface area contributed by atoms with Gasteiger partial charge in [-0.05, 0) is 11.6 Å². The monoisotopic (exact) mass is 259 g/mol. The summed E-state index contributed by atoms with van der Waals surface area (Å²) < 4.78 is 26.1. The topological polar surface area (TPSA) is 86.6 Å². The van der Waals surface area contributed by atoms with Crippen molar-refractivity contribution in [2.45, 2.75) is 24.3 Å². The van der Waals surface area contributed by atoms with Gasteiger partial charge >= 0.3 is 0 Å². The molecule has 17 heavy (non-hydrogen) atoms. The van der Waals surface area contributed by atoms with Crippen LogP contribution in [0.3, 0.4) is 0 Å². The van der Waals surface area contributed by atoms with Crippen LogP contribution in [-0.2, 0) is 16.4 Å². The maximum absolute atomic E-state index is 11.9. The maximum Gasteiger partial charge on any atom is 0.240 e. The van der Waals surface area contributed by atoms with Crippen LogP contribution in [0.5, 0.6) is 0 Å². The lowest BCUT2D eigenvalue weighted by Crippen LogP contribution is -2.25. The van der Waals surface area contributed by atoms with Gasteiger partial charge in [-0.15, -0.1) is 0 Å². The van der Waals surface area contributed by atoms with Crippen LogP contribution in [-0.4, -0.2) is 37.9 Å². The number of rotatable bonds is 6. The Morgan fingerprint density at radius 1 is 1.35 bits per heavy atom. The predicted octanol–water partition coefficient (Wildman–Crippen LogP) is -0.119. The van der Waals surface area contributed by atoms with E-state index in [1.807, 2.05) is 0 Å². The van der Waals surface area contributed by atoms with Crippen LogP contribution in [0.2, 0.25) is 0 Å². The van der Waals surface area contributed by atoms with E-state index in [1.54, 1.807) is 25.1 Å². The van der Waals surface area contributed by atoms with E-state index in [2.05, 4.69) is 4.72 Å². The molecule has 6 heteroatoms. The second-order valence-corrected chi connectivity index (χ2v) is 5.38. The summed E-state index contributed by atoms with van der Waals surface area (Å²) in [6.45, 7) is 1.61. The van der Waals surface area contributed by atoms with Crippen molar-refractivity contribution in [1.29, 1.82) is 0 Å². The Balaban J connectivity index is 3.08. The minimum Gasteiger partial charge on any atom is -0.394 e. The molecule has 0 heterocycles. The van der Waals surface area contributed by atoms with Gasteiger partial charge in [0, 0.05) is 13.0 Å². The summed E-state index contributed by atoms with van der Waals surface area (Å²) in [5, 5.41) is 18.1. The first-order chi connectivity index (χ1) is 8.01. The van der Waals surface area contributed by atoms with E-state index < -0.39 is 22.7 Å². The highest BCUT2D eigenvalue weighted by molar-refractivity contribution is 7.89. The van der Waals surface area contributed by atoms with E-state index in [0.717, 1.165) is 0 Å². The molecule has 1 unspecified atom stereocenters. The quantitative estimate of drug-likeness (QED) is 0.665. The van der Waals surface area contributed by atoms with Crippen molar-refractivity contribution in [3.05, 3.63) is 29.8 Å². The molecule has 0 amide bonds. The Morgan fingerprint density at radius 2 is 2.00 bits per heavy atom. The molecule has 0 aliphatic rings. The van der Waals surface area contributed by atoms with Crippen LogP contribution in [0.1, 0.15) is 12.5 Å². The van der Waals surface area contributed by atoms with Gasteiger partial charge in [-0.1, -0.05) is 25.1 Å². The Labute approximate surface area is 101 Å². The van der Waals surface area contributed by atoms with E-state index in [1.165, 1.54) is 6.07 Å². The van der Waals surface area contributed by atoms with Crippen LogP contribution in [0.15, 0.2) is 29.2 Å². The van der Waals surface area contributed by atoms with Crippen LogP contribution in [0.25, 0.3) is 0 Å². The van der Waals surface area contributed by atoms with Crippen molar-refractivity contribution in [3.8, 4) is 0 Å². The average molecular weight is 259 g/mol. The van der Waals surface area contributed by atoms with Crippen molar-refractivity contribution in [1.82, 2.24) is 4.72 Å². The first-order valence-electron chi connectivity index (χ1n) is 5.37. The third-order valence-corrected chi connectivity index (χ3v) is 3.91. The van der Waals surface area contributed by atoms with Gasteiger partial charge in [-0.2, -0.15) is 0 Å². The molecule has 1 aromatic carbocycles. The molecule has 3 N–H and O–H groups in total. The molecule has 0 aliphatic heterocycles. The SMILES string of the molecule is CCNS(=O)(=O)c1ccccc1CC(O)CO. The molecule has 0 bridgehead atoms. The summed E-state index contributed by atoms with van der Waals surface area (Å²) in [4.78, 5) is 0.148. The lowest BCUT2D eigenvalue weighted by Gasteiger charge is -2.12. The fraction of sp³-hybridized carbons (Fsp3) is 0.455. The predicted molar refractivity (Wildman–Crippen MR) is 64.1 cm³/mol. The van der Waals surface area contributed by atoms with Gasteiger partial charge in [0.2, 0.25) is 10.0 Å². The van der Waals surface area contributed by atoms with E-state index in [0.29, 0.717) is 12.1 Å². The average Bonchev–Trinajstić information content (AvgIpc) is 2.29. The second kappa shape index (κ2) is 6.11. The fourth-order valence-electron chi connectivity index (χ4n) is 1.52. The number of aliphatic hydroxyl groups excluding tert-OH is 2. The molecule has 5 nitrogen and oxygen atoms in total. The summed E-state index contributed by atoms with van der Waals surface area (Å²) in [6.07, 6.45) is -0.843. The van der Waals surface area contributed by atoms with Crippen molar-refractivity contribution in [2.75, 3.05) is 13.2 Å². The van der Waals surface area contributed by atoms with E-state index in [9.17, 15) is 13.5 Å². The minimum absolute atomic E-state index is 0.108. The van der Waals surface area contributed by atoms with Crippen LogP contribution < -0.4 is 4.72 Å². The molecule has 0 aliphatic carbocycles. The van der Waals surface area contributed by atoms with Gasteiger partial charge in [-0.3, -0.25) is 0 Å². The third-order valence-electron chi connectivity index (χ3n) is 2.26. The van der Waals surface area contributed by atoms with Gasteiger partial charge < -0.3 is 10.2 Å². The molecule has 0 saturated carbocycles. The van der Waals surface area contributed by atoms with Crippen molar-refractivity contribution in [2.24, 2.45) is 0 Å². The lowest BCUT2D eigenvalue weighted by atomic mass is 10.1. The normalized spacial score (nSPS) is 13.6. The molecule has 0 fully saturated rings. The van der Waals surface area contributed by atoms with Crippen LogP contribution >= 0.6 is 0 Å². The first-order valence-corrected chi connectivity index (χ1v) is 6.86. The molecule has 0 aromatic heterocycles. The summed E-state index contributed by atoms with van der Waals surface area (Å²) in [5.74, 6) is 0. The smallest absolute Gasteiger partial charge is 0.240 e. The number of hydrogen-bond acceptors (Lipinski definition) is 4. The van der Waals surface area contributed by atoms with Gasteiger partial charge in [-0.25, -0.2) is 13.1 Å². The molecular formula is C11H17NO4S. The van der Waals surface area contributed by atoms with Gasteiger partial charge in [0.05, 0.1) is 17.6 Å². The molecule has 96 valence electrons. The molecular weight excluding hydrogens is 242 g/mol. The van der Waals surface area contributed by atoms with Crippen LogP contribution in [0.4, 0.5) is 0 Å². The first kappa shape index (κ1) is 14.1. The molecule has 0 spiro atoms. The summed E-state index contributed by atoms with van der Waals surface area (Å²) in [7, 11) is -3.54. The van der Waals surface area contributed by atoms with Crippen LogP contribution in [0, 0.1) is 0 Å². The second-order valence-electron chi connectivity index (χ2n) is 3.65. The number of aliphatic hydroxyl groups is 2. The summed E-state index contributed by atoms with van der Waals surface area (Å²) >= 11 is 0. The third kappa shape index (κ3) is 3.78. The number of benzene rings is 1. The van der Waals surface area contributed by atoms with Gasteiger partial charge in [0.25, 0.3) is 0 Å². The number of hydrogen-bond donors (Lipinski definition) is 3. The van der Waals surface area contributed by atoms with Gasteiger partial charge in [0.1, 0.15) is 0 Å². The molecule has 1 rings (SSSR count). The fourth-order valence-corrected chi connectivity index (χ4v) is 2.81. The zero-order valence-corrected chi connectivity index (χ0v) is 10.4. The highest BCUT2D eigenvalue weighted by atomic mass is 32.2. The highest BCUT2D eigenvalue weighted by Crippen LogP contribution is 2.16. The Hall–Kier alpha value is -0.950. The van der Waals surface area contributed by atoms with E-state index >= 15 is 0 Å². The summed E-state index contributed by atoms with van der Waals surface area (Å²) in [6, 6.07) is 6.43. The molecule has 1 atom stereocenters. The van der Waals surface area contributed by atoms with E-state index in [4.69, 9.17) is 5.11 Å². The van der Waals surface area contributed by atoms with Crippen molar-refractivity contribution < 1.29 is 18.6 Å². The number of sulfonamides is 1. The van der Waals surface area contributed by atoms with Crippen molar-refractivity contribution >= 4 is 10.0 Å². The number of nitrogens with one attached hydrogen (secondary N) is 1. The lowest BCUT2D eigenvalue weighted by molar-refractivity contribution is 0.0950.